The van der Waals surface area contributed by atoms with Gasteiger partial charge in [0.05, 0.1) is 0 Å². The topological polar surface area (TPSA) is 29.1 Å². The number of hydrogen-bond donors (Lipinski definition) is 1. The maximum absolute atomic E-state index is 12.7. The molecule has 1 aromatic carbocycles. The molecule has 0 fully saturated rings. The minimum absolute atomic E-state index is 0.177. The number of rotatable bonds is 7. The Morgan fingerprint density at radius 2 is 2.14 bits per heavy atom. The fraction of sp³-hybridized carbons (Fsp3) is 0.471. The number of halogens is 2. The number of nitrogens with one attached hydrogen (secondary N) is 1. The van der Waals surface area contributed by atoms with Crippen LogP contribution in [0.2, 0.25) is 0 Å². The zero-order valence-electron chi connectivity index (χ0n) is 13.3. The van der Waals surface area contributed by atoms with Gasteiger partial charge < -0.3 is 5.32 Å². The normalized spacial score (nSPS) is 12.5. The Bertz CT molecular complexity index is 623. The molecule has 1 aromatic rings. The number of alkyl halides is 2. The Labute approximate surface area is 134 Å². The van der Waals surface area contributed by atoms with E-state index in [0.29, 0.717) is 17.3 Å². The first-order valence-electron chi connectivity index (χ1n) is 7.34. The third kappa shape index (κ3) is 6.18. The van der Waals surface area contributed by atoms with E-state index in [9.17, 15) is 13.6 Å². The Morgan fingerprint density at radius 1 is 1.45 bits per heavy atom. The average Bonchev–Trinajstić information content (AvgIpc) is 2.41. The van der Waals surface area contributed by atoms with Crippen molar-refractivity contribution in [2.45, 2.75) is 38.9 Å². The number of hydrogen-bond acceptors (Lipinski definition) is 2. The number of benzene rings is 1. The van der Waals surface area contributed by atoms with Crippen LogP contribution in [0.3, 0.4) is 0 Å². The van der Waals surface area contributed by atoms with Crippen LogP contribution in [0, 0.1) is 6.92 Å². The first kappa shape index (κ1) is 18.7. The molecule has 0 saturated heterocycles. The van der Waals surface area contributed by atoms with Crippen molar-refractivity contribution >= 4 is 30.3 Å². The molecule has 0 saturated carbocycles. The molecule has 1 rings (SSSR count). The predicted molar refractivity (Wildman–Crippen MR) is 90.7 cm³/mol. The van der Waals surface area contributed by atoms with Gasteiger partial charge >= 0.3 is 0 Å². The third-order valence-corrected chi connectivity index (χ3v) is 4.04. The zero-order chi connectivity index (χ0) is 16.8. The number of amides is 1. The van der Waals surface area contributed by atoms with Crippen LogP contribution >= 0.6 is 11.8 Å². The van der Waals surface area contributed by atoms with Gasteiger partial charge in [-0.2, -0.15) is 8.78 Å². The largest absolute Gasteiger partial charge is 0.351 e. The van der Waals surface area contributed by atoms with Crippen LogP contribution < -0.4 is 15.8 Å². The summed E-state index contributed by atoms with van der Waals surface area (Å²) < 4.78 is 25.4. The molecule has 0 bridgehead atoms. The summed E-state index contributed by atoms with van der Waals surface area (Å²) in [5.41, 5.74) is 1.41. The first-order chi connectivity index (χ1) is 10.2. The van der Waals surface area contributed by atoms with Crippen LogP contribution in [-0.2, 0) is 0 Å². The molecule has 0 aromatic heterocycles. The van der Waals surface area contributed by atoms with Crippen molar-refractivity contribution in [1.29, 1.82) is 0 Å². The van der Waals surface area contributed by atoms with E-state index in [4.69, 9.17) is 0 Å². The van der Waals surface area contributed by atoms with Crippen molar-refractivity contribution in [2.75, 3.05) is 12.3 Å². The Hall–Kier alpha value is -1.36. The van der Waals surface area contributed by atoms with Crippen molar-refractivity contribution in [3.05, 3.63) is 33.7 Å². The monoisotopic (exact) mass is 327 g/mol. The van der Waals surface area contributed by atoms with E-state index >= 15 is 0 Å². The summed E-state index contributed by atoms with van der Waals surface area (Å²) >= 11 is 0.527. The number of carbonyl (C=O) groups excluding carboxylic acids is 1. The highest BCUT2D eigenvalue weighted by Crippen LogP contribution is 2.26. The minimum Gasteiger partial charge on any atom is -0.351 e. The number of carbonyl (C=O) groups is 1. The maximum Gasteiger partial charge on any atom is 0.291 e. The van der Waals surface area contributed by atoms with Gasteiger partial charge in [-0.1, -0.05) is 43.8 Å². The van der Waals surface area contributed by atoms with E-state index in [1.165, 1.54) is 0 Å². The van der Waals surface area contributed by atoms with Gasteiger partial charge in [0.1, 0.15) is 0 Å². The molecule has 22 heavy (non-hydrogen) atoms. The lowest BCUT2D eigenvalue weighted by atomic mass is 10.0. The van der Waals surface area contributed by atoms with Crippen molar-refractivity contribution in [3.63, 3.8) is 0 Å². The number of aryl methyl sites for hydroxylation is 1. The van der Waals surface area contributed by atoms with Crippen LogP contribution in [0.1, 0.15) is 42.6 Å². The molecule has 0 unspecified atom stereocenters. The highest BCUT2D eigenvalue weighted by molar-refractivity contribution is 8.00. The summed E-state index contributed by atoms with van der Waals surface area (Å²) in [6.07, 6.45) is 4.01. The van der Waals surface area contributed by atoms with Gasteiger partial charge in [0.15, 0.2) is 0 Å². The molecule has 1 amide bonds. The van der Waals surface area contributed by atoms with Crippen LogP contribution in [0.5, 0.6) is 0 Å². The van der Waals surface area contributed by atoms with Gasteiger partial charge in [-0.05, 0) is 35.4 Å². The smallest absolute Gasteiger partial charge is 0.291 e. The Morgan fingerprint density at radius 3 is 2.73 bits per heavy atom. The molecule has 0 atom stereocenters. The molecule has 0 aliphatic carbocycles. The summed E-state index contributed by atoms with van der Waals surface area (Å²) in [5.74, 6) is -0.0556. The van der Waals surface area contributed by atoms with Gasteiger partial charge in [-0.15, -0.1) is 0 Å². The quantitative estimate of drug-likeness (QED) is 0.780. The lowest BCUT2D eigenvalue weighted by Gasteiger charge is -2.11. The molecule has 0 radical (unpaired) electrons. The standard InChI is InChI=1S/C17H23F2NOS/c1-5-6-7-14-11-15(13(3)10-12(14)2)16(21)20-8-9-22-17(4,18)19/h7,10-11H,2,5-6,8-9H2,1,3-4H3,(H,20,21)/b14-7-. The molecule has 122 valence electrons. The predicted octanol–water partition coefficient (Wildman–Crippen LogP) is 3.06. The van der Waals surface area contributed by atoms with E-state index in [1.807, 2.05) is 19.1 Å². The van der Waals surface area contributed by atoms with E-state index < -0.39 is 5.25 Å². The second-order valence-corrected chi connectivity index (χ2v) is 6.68. The summed E-state index contributed by atoms with van der Waals surface area (Å²) in [7, 11) is 0. The van der Waals surface area contributed by atoms with E-state index in [0.717, 1.165) is 35.8 Å². The van der Waals surface area contributed by atoms with Crippen molar-refractivity contribution < 1.29 is 13.6 Å². The van der Waals surface area contributed by atoms with E-state index in [-0.39, 0.29) is 18.2 Å². The second-order valence-electron chi connectivity index (χ2n) is 5.27. The zero-order valence-corrected chi connectivity index (χ0v) is 14.2. The van der Waals surface area contributed by atoms with Crippen molar-refractivity contribution in [1.82, 2.24) is 5.32 Å². The minimum atomic E-state index is -2.77. The molecular weight excluding hydrogens is 304 g/mol. The highest BCUT2D eigenvalue weighted by Gasteiger charge is 2.20. The average molecular weight is 327 g/mol. The van der Waals surface area contributed by atoms with E-state index in [1.54, 1.807) is 0 Å². The van der Waals surface area contributed by atoms with Gasteiger partial charge in [0, 0.05) is 24.8 Å². The number of thioether (sulfide) groups is 1. The van der Waals surface area contributed by atoms with Gasteiger partial charge in [-0.3, -0.25) is 4.79 Å². The molecule has 1 N–H and O–H groups in total. The fourth-order valence-corrected chi connectivity index (χ4v) is 2.57. The maximum atomic E-state index is 12.7. The van der Waals surface area contributed by atoms with Crippen LogP contribution in [0.15, 0.2) is 12.1 Å². The summed E-state index contributed by atoms with van der Waals surface area (Å²) in [5, 5.41) is 1.77. The van der Waals surface area contributed by atoms with E-state index in [2.05, 4.69) is 24.9 Å². The third-order valence-electron chi connectivity index (χ3n) is 3.13. The van der Waals surface area contributed by atoms with Crippen molar-refractivity contribution in [3.8, 4) is 0 Å². The fourth-order valence-electron chi connectivity index (χ4n) is 2.01. The van der Waals surface area contributed by atoms with Gasteiger partial charge in [0.25, 0.3) is 11.2 Å². The second kappa shape index (κ2) is 8.32. The van der Waals surface area contributed by atoms with Crippen molar-refractivity contribution in [2.24, 2.45) is 0 Å². The van der Waals surface area contributed by atoms with Crippen LogP contribution in [0.25, 0.3) is 12.7 Å². The SMILES string of the molecule is C=c1cc(C)c(C(=O)NCCSC(C)(F)F)c/c1=C/CCC. The highest BCUT2D eigenvalue weighted by atomic mass is 32.2. The summed E-state index contributed by atoms with van der Waals surface area (Å²) in [4.78, 5) is 12.2. The molecule has 0 heterocycles. The molecule has 0 aliphatic heterocycles. The molecular formula is C17H23F2NOS. The molecule has 0 aliphatic rings. The number of unbranched alkanes of at least 4 members (excludes halogenated alkanes) is 1. The lowest BCUT2D eigenvalue weighted by Crippen LogP contribution is -2.31. The van der Waals surface area contributed by atoms with Gasteiger partial charge in [0.2, 0.25) is 0 Å². The lowest BCUT2D eigenvalue weighted by molar-refractivity contribution is 0.0954. The van der Waals surface area contributed by atoms with Crippen LogP contribution in [-0.4, -0.2) is 23.5 Å². The molecule has 0 spiro atoms. The Kier molecular flexibility index (Phi) is 7.07. The van der Waals surface area contributed by atoms with Gasteiger partial charge in [-0.25, -0.2) is 0 Å². The molecule has 2 nitrogen and oxygen atoms in total. The van der Waals surface area contributed by atoms with Crippen LogP contribution in [0.4, 0.5) is 8.78 Å². The summed E-state index contributed by atoms with van der Waals surface area (Å²) in [6, 6.07) is 3.70. The summed E-state index contributed by atoms with van der Waals surface area (Å²) in [6.45, 7) is 8.99. The Balaban J connectivity index is 2.79. The first-order valence-corrected chi connectivity index (χ1v) is 8.33. The molecule has 5 heteroatoms.